The van der Waals surface area contributed by atoms with Crippen LogP contribution in [0.3, 0.4) is 0 Å². The van der Waals surface area contributed by atoms with Gasteiger partial charge in [-0.15, -0.1) is 0 Å². The first kappa shape index (κ1) is 17.5. The molecule has 0 aromatic heterocycles. The Balaban J connectivity index is 1.44. The molecule has 4 heteroatoms. The van der Waals surface area contributed by atoms with E-state index in [1.54, 1.807) is 13.2 Å². The Morgan fingerprint density at radius 2 is 1.84 bits per heavy atom. The predicted octanol–water partition coefficient (Wildman–Crippen LogP) is 3.76. The highest BCUT2D eigenvalue weighted by molar-refractivity contribution is 5.94. The number of carbonyl (C=O) groups is 1. The van der Waals surface area contributed by atoms with Crippen LogP contribution in [0, 0.1) is 5.92 Å². The lowest BCUT2D eigenvalue weighted by molar-refractivity contribution is 0.0478. The van der Waals surface area contributed by atoms with Gasteiger partial charge in [0.15, 0.2) is 0 Å². The van der Waals surface area contributed by atoms with Gasteiger partial charge >= 0.3 is 0 Å². The van der Waals surface area contributed by atoms with Crippen molar-refractivity contribution in [2.24, 2.45) is 5.92 Å². The van der Waals surface area contributed by atoms with Gasteiger partial charge in [-0.2, -0.15) is 0 Å². The first-order valence-electron chi connectivity index (χ1n) is 8.81. The summed E-state index contributed by atoms with van der Waals surface area (Å²) in [5, 5.41) is 0. The van der Waals surface area contributed by atoms with Crippen molar-refractivity contribution in [2.75, 3.05) is 26.8 Å². The van der Waals surface area contributed by atoms with E-state index in [0.29, 0.717) is 18.1 Å². The summed E-state index contributed by atoms with van der Waals surface area (Å²) >= 11 is 0. The third-order valence-corrected chi connectivity index (χ3v) is 4.68. The molecule has 0 radical (unpaired) electrons. The van der Waals surface area contributed by atoms with E-state index in [-0.39, 0.29) is 5.91 Å². The SMILES string of the molecule is COc1cccc(C(=O)N2CCC(COCc3ccccc3)CC2)c1. The minimum atomic E-state index is 0.0857. The second kappa shape index (κ2) is 8.67. The lowest BCUT2D eigenvalue weighted by Gasteiger charge is -2.32. The van der Waals surface area contributed by atoms with Crippen LogP contribution < -0.4 is 4.74 Å². The molecule has 0 saturated carbocycles. The van der Waals surface area contributed by atoms with Gasteiger partial charge in [0.1, 0.15) is 5.75 Å². The third kappa shape index (κ3) is 4.83. The van der Waals surface area contributed by atoms with Crippen molar-refractivity contribution in [2.45, 2.75) is 19.4 Å². The van der Waals surface area contributed by atoms with Gasteiger partial charge in [-0.1, -0.05) is 36.4 Å². The molecule has 1 saturated heterocycles. The molecule has 0 unspecified atom stereocenters. The van der Waals surface area contributed by atoms with Gasteiger partial charge in [0.05, 0.1) is 13.7 Å². The molecular formula is C21H25NO3. The fourth-order valence-corrected chi connectivity index (χ4v) is 3.16. The van der Waals surface area contributed by atoms with Crippen LogP contribution in [0.4, 0.5) is 0 Å². The molecule has 2 aromatic rings. The molecule has 0 atom stereocenters. The molecule has 132 valence electrons. The van der Waals surface area contributed by atoms with Crippen molar-refractivity contribution >= 4 is 5.91 Å². The fourth-order valence-electron chi connectivity index (χ4n) is 3.16. The molecule has 1 heterocycles. The van der Waals surface area contributed by atoms with Crippen LogP contribution in [0.15, 0.2) is 54.6 Å². The summed E-state index contributed by atoms with van der Waals surface area (Å²) in [5.41, 5.74) is 1.89. The van der Waals surface area contributed by atoms with Crippen LogP contribution in [0.5, 0.6) is 5.75 Å². The third-order valence-electron chi connectivity index (χ3n) is 4.68. The quantitative estimate of drug-likeness (QED) is 0.804. The second-order valence-corrected chi connectivity index (χ2v) is 6.47. The van der Waals surface area contributed by atoms with Gasteiger partial charge in [-0.25, -0.2) is 0 Å². The van der Waals surface area contributed by atoms with E-state index in [0.717, 1.165) is 38.3 Å². The second-order valence-electron chi connectivity index (χ2n) is 6.47. The Labute approximate surface area is 149 Å². The molecule has 1 fully saturated rings. The summed E-state index contributed by atoms with van der Waals surface area (Å²) in [6, 6.07) is 17.6. The van der Waals surface area contributed by atoms with Crippen molar-refractivity contribution in [3.05, 3.63) is 65.7 Å². The average molecular weight is 339 g/mol. The maximum Gasteiger partial charge on any atom is 0.253 e. The first-order chi connectivity index (χ1) is 12.3. The number of piperidine rings is 1. The molecule has 1 amide bonds. The molecule has 0 bridgehead atoms. The summed E-state index contributed by atoms with van der Waals surface area (Å²) in [6.07, 6.45) is 1.98. The number of amides is 1. The van der Waals surface area contributed by atoms with Crippen molar-refractivity contribution in [3.63, 3.8) is 0 Å². The molecule has 3 rings (SSSR count). The summed E-state index contributed by atoms with van der Waals surface area (Å²) in [6.45, 7) is 2.99. The van der Waals surface area contributed by atoms with Gasteiger partial charge < -0.3 is 14.4 Å². The van der Waals surface area contributed by atoms with Crippen LogP contribution in [-0.2, 0) is 11.3 Å². The number of benzene rings is 2. The topological polar surface area (TPSA) is 38.8 Å². The minimum Gasteiger partial charge on any atom is -0.497 e. The first-order valence-corrected chi connectivity index (χ1v) is 8.81. The molecule has 1 aliphatic heterocycles. The Bertz CT molecular complexity index is 679. The van der Waals surface area contributed by atoms with E-state index in [4.69, 9.17) is 9.47 Å². The Hall–Kier alpha value is -2.33. The van der Waals surface area contributed by atoms with E-state index in [9.17, 15) is 4.79 Å². The molecule has 0 spiro atoms. The predicted molar refractivity (Wildman–Crippen MR) is 97.7 cm³/mol. The summed E-state index contributed by atoms with van der Waals surface area (Å²) < 4.78 is 11.1. The highest BCUT2D eigenvalue weighted by atomic mass is 16.5. The molecule has 1 aliphatic rings. The minimum absolute atomic E-state index is 0.0857. The highest BCUT2D eigenvalue weighted by Gasteiger charge is 2.24. The molecule has 25 heavy (non-hydrogen) atoms. The normalized spacial score (nSPS) is 15.2. The van der Waals surface area contributed by atoms with E-state index < -0.39 is 0 Å². The van der Waals surface area contributed by atoms with Crippen LogP contribution in [0.1, 0.15) is 28.8 Å². The zero-order valence-electron chi connectivity index (χ0n) is 14.7. The number of methoxy groups -OCH3 is 1. The zero-order valence-corrected chi connectivity index (χ0v) is 14.7. The van der Waals surface area contributed by atoms with Gasteiger partial charge in [0.2, 0.25) is 0 Å². The number of carbonyl (C=O) groups excluding carboxylic acids is 1. The fraction of sp³-hybridized carbons (Fsp3) is 0.381. The standard InChI is InChI=1S/C21H25NO3/c1-24-20-9-5-8-19(14-20)21(23)22-12-10-18(11-13-22)16-25-15-17-6-3-2-4-7-17/h2-9,14,18H,10-13,15-16H2,1H3. The smallest absolute Gasteiger partial charge is 0.253 e. The van der Waals surface area contributed by atoms with Gasteiger partial charge in [-0.3, -0.25) is 4.79 Å². The number of hydrogen-bond acceptors (Lipinski definition) is 3. The Morgan fingerprint density at radius 1 is 1.08 bits per heavy atom. The number of rotatable bonds is 6. The van der Waals surface area contributed by atoms with Crippen LogP contribution in [0.2, 0.25) is 0 Å². The van der Waals surface area contributed by atoms with Crippen molar-refractivity contribution in [1.29, 1.82) is 0 Å². The van der Waals surface area contributed by atoms with Crippen molar-refractivity contribution < 1.29 is 14.3 Å². The summed E-state index contributed by atoms with van der Waals surface area (Å²) in [5.74, 6) is 1.33. The van der Waals surface area contributed by atoms with Gasteiger partial charge in [0, 0.05) is 25.3 Å². The molecule has 0 aliphatic carbocycles. The average Bonchev–Trinajstić information content (AvgIpc) is 2.69. The molecule has 4 nitrogen and oxygen atoms in total. The molecule has 0 N–H and O–H groups in total. The van der Waals surface area contributed by atoms with Crippen molar-refractivity contribution in [3.8, 4) is 5.75 Å². The summed E-state index contributed by atoms with van der Waals surface area (Å²) in [7, 11) is 1.62. The number of nitrogens with zero attached hydrogens (tertiary/aromatic N) is 1. The van der Waals surface area contributed by atoms with Gasteiger partial charge in [-0.05, 0) is 42.5 Å². The Morgan fingerprint density at radius 3 is 2.56 bits per heavy atom. The maximum atomic E-state index is 12.6. The van der Waals surface area contributed by atoms with E-state index in [1.807, 2.05) is 41.3 Å². The van der Waals surface area contributed by atoms with Crippen LogP contribution in [0.25, 0.3) is 0 Å². The number of hydrogen-bond donors (Lipinski definition) is 0. The lowest BCUT2D eigenvalue weighted by atomic mass is 9.97. The number of ether oxygens (including phenoxy) is 2. The number of likely N-dealkylation sites (tertiary alicyclic amines) is 1. The van der Waals surface area contributed by atoms with Crippen molar-refractivity contribution in [1.82, 2.24) is 4.90 Å². The largest absolute Gasteiger partial charge is 0.497 e. The Kier molecular flexibility index (Phi) is 6.07. The maximum absolute atomic E-state index is 12.6. The molecule has 2 aromatic carbocycles. The van der Waals surface area contributed by atoms with E-state index in [1.165, 1.54) is 5.56 Å². The monoisotopic (exact) mass is 339 g/mol. The van der Waals surface area contributed by atoms with E-state index >= 15 is 0 Å². The van der Waals surface area contributed by atoms with E-state index in [2.05, 4.69) is 12.1 Å². The molecular weight excluding hydrogens is 314 g/mol. The van der Waals surface area contributed by atoms with Crippen LogP contribution in [-0.4, -0.2) is 37.6 Å². The lowest BCUT2D eigenvalue weighted by Crippen LogP contribution is -2.39. The van der Waals surface area contributed by atoms with Gasteiger partial charge in [0.25, 0.3) is 5.91 Å². The highest BCUT2D eigenvalue weighted by Crippen LogP contribution is 2.21. The summed E-state index contributed by atoms with van der Waals surface area (Å²) in [4.78, 5) is 14.5. The zero-order chi connectivity index (χ0) is 17.5. The van der Waals surface area contributed by atoms with Crippen LogP contribution >= 0.6 is 0 Å².